The summed E-state index contributed by atoms with van der Waals surface area (Å²) in [5, 5.41) is 2.42. The van der Waals surface area contributed by atoms with Gasteiger partial charge in [0.2, 0.25) is 5.91 Å². The van der Waals surface area contributed by atoms with Crippen molar-refractivity contribution in [1.29, 1.82) is 0 Å². The van der Waals surface area contributed by atoms with Crippen LogP contribution in [0.4, 0.5) is 23.2 Å². The summed E-state index contributed by atoms with van der Waals surface area (Å²) in [5.74, 6) is 0.871. The Kier molecular flexibility index (Phi) is 7.00. The summed E-state index contributed by atoms with van der Waals surface area (Å²) in [6.07, 6.45) is 3.97. The van der Waals surface area contributed by atoms with Crippen molar-refractivity contribution in [2.24, 2.45) is 0 Å². The molecule has 0 aliphatic heterocycles. The van der Waals surface area contributed by atoms with Crippen LogP contribution in [0.25, 0.3) is 0 Å². The van der Waals surface area contributed by atoms with E-state index in [1.54, 1.807) is 0 Å². The van der Waals surface area contributed by atoms with Gasteiger partial charge >= 0.3 is 6.18 Å². The lowest BCUT2D eigenvalue weighted by atomic mass is 10.1. The molecule has 0 bridgehead atoms. The second-order valence-electron chi connectivity index (χ2n) is 5.00. The minimum atomic E-state index is -4.40. The molecule has 0 fully saturated rings. The zero-order valence-electron chi connectivity index (χ0n) is 13.2. The molecule has 132 valence electrons. The summed E-state index contributed by atoms with van der Waals surface area (Å²) in [5.41, 5.74) is 5.70. The molecule has 0 spiro atoms. The third kappa shape index (κ3) is 6.96. The zero-order chi connectivity index (χ0) is 19.0. The standard InChI is InChI=1S/C18H16F4N2O/c1-3-5-12(10-18(20,21)22)6-7-16(25)24-11-13-8-14(4-2)17(23)15(19)9-13/h2-3,5-9H,1,10-11,23H2,(H,24,25)/b7-6+,12-5-. The van der Waals surface area contributed by atoms with Crippen LogP contribution in [0.3, 0.4) is 0 Å². The number of nitrogen functional groups attached to an aromatic ring is 1. The second kappa shape index (κ2) is 8.73. The fourth-order valence-electron chi connectivity index (χ4n) is 1.88. The van der Waals surface area contributed by atoms with Crippen molar-refractivity contribution in [1.82, 2.24) is 5.32 Å². The highest BCUT2D eigenvalue weighted by molar-refractivity contribution is 5.87. The predicted molar refractivity (Wildman–Crippen MR) is 88.7 cm³/mol. The van der Waals surface area contributed by atoms with Crippen molar-refractivity contribution in [3.63, 3.8) is 0 Å². The van der Waals surface area contributed by atoms with Crippen molar-refractivity contribution < 1.29 is 22.4 Å². The largest absolute Gasteiger partial charge is 0.395 e. The SMILES string of the molecule is C#Cc1cc(CNC(=O)/C=C/C(=C/C=C)CC(F)(F)F)cc(F)c1N. The maximum Gasteiger partial charge on any atom is 0.393 e. The monoisotopic (exact) mass is 352 g/mol. The van der Waals surface area contributed by atoms with E-state index in [0.29, 0.717) is 5.56 Å². The van der Waals surface area contributed by atoms with Crippen LogP contribution >= 0.6 is 0 Å². The van der Waals surface area contributed by atoms with Crippen LogP contribution in [0.1, 0.15) is 17.5 Å². The predicted octanol–water partition coefficient (Wildman–Crippen LogP) is 3.63. The van der Waals surface area contributed by atoms with Gasteiger partial charge in [-0.05, 0) is 23.3 Å². The van der Waals surface area contributed by atoms with Gasteiger partial charge in [0.15, 0.2) is 0 Å². The van der Waals surface area contributed by atoms with Gasteiger partial charge < -0.3 is 11.1 Å². The molecule has 0 saturated heterocycles. The van der Waals surface area contributed by atoms with Crippen LogP contribution in [-0.4, -0.2) is 12.1 Å². The molecule has 1 amide bonds. The van der Waals surface area contributed by atoms with Crippen molar-refractivity contribution >= 4 is 11.6 Å². The van der Waals surface area contributed by atoms with E-state index in [0.717, 1.165) is 24.3 Å². The summed E-state index contributed by atoms with van der Waals surface area (Å²) in [4.78, 5) is 11.7. The minimum absolute atomic E-state index is 0.0607. The highest BCUT2D eigenvalue weighted by Crippen LogP contribution is 2.25. The number of carbonyl (C=O) groups is 1. The van der Waals surface area contributed by atoms with Crippen LogP contribution in [0, 0.1) is 18.2 Å². The van der Waals surface area contributed by atoms with Gasteiger partial charge in [-0.3, -0.25) is 4.79 Å². The Morgan fingerprint density at radius 2 is 2.04 bits per heavy atom. The topological polar surface area (TPSA) is 55.1 Å². The van der Waals surface area contributed by atoms with Gasteiger partial charge in [0.05, 0.1) is 17.7 Å². The number of alkyl halides is 3. The lowest BCUT2D eigenvalue weighted by molar-refractivity contribution is -0.126. The summed E-state index contributed by atoms with van der Waals surface area (Å²) >= 11 is 0. The van der Waals surface area contributed by atoms with E-state index in [-0.39, 0.29) is 23.4 Å². The molecule has 0 aliphatic carbocycles. The van der Waals surface area contributed by atoms with Crippen LogP contribution in [0.5, 0.6) is 0 Å². The first-order chi connectivity index (χ1) is 11.7. The molecule has 1 rings (SSSR count). The number of hydrogen-bond donors (Lipinski definition) is 2. The molecule has 3 nitrogen and oxygen atoms in total. The molecule has 0 aliphatic rings. The Bertz CT molecular complexity index is 756. The van der Waals surface area contributed by atoms with Gasteiger partial charge in [-0.15, -0.1) is 6.42 Å². The first-order valence-corrected chi connectivity index (χ1v) is 7.05. The number of carbonyl (C=O) groups excluding carboxylic acids is 1. The first kappa shape index (κ1) is 20.0. The third-order valence-corrected chi connectivity index (χ3v) is 3.00. The molecule has 0 unspecified atom stereocenters. The molecule has 7 heteroatoms. The number of nitrogens with one attached hydrogen (secondary N) is 1. The highest BCUT2D eigenvalue weighted by atomic mass is 19.4. The number of allylic oxidation sites excluding steroid dienone is 4. The minimum Gasteiger partial charge on any atom is -0.395 e. The summed E-state index contributed by atoms with van der Waals surface area (Å²) in [7, 11) is 0. The normalized spacial score (nSPS) is 12.0. The van der Waals surface area contributed by atoms with E-state index in [1.807, 2.05) is 0 Å². The second-order valence-corrected chi connectivity index (χ2v) is 5.00. The van der Waals surface area contributed by atoms with Gasteiger partial charge in [0.25, 0.3) is 0 Å². The fourth-order valence-corrected chi connectivity index (χ4v) is 1.88. The molecular weight excluding hydrogens is 336 g/mol. The molecular formula is C18H16F4N2O. The van der Waals surface area contributed by atoms with E-state index in [9.17, 15) is 22.4 Å². The van der Waals surface area contributed by atoms with Crippen molar-refractivity contribution in [3.05, 3.63) is 65.5 Å². The zero-order valence-corrected chi connectivity index (χ0v) is 13.2. The smallest absolute Gasteiger partial charge is 0.393 e. The Balaban J connectivity index is 2.74. The molecule has 0 heterocycles. The van der Waals surface area contributed by atoms with Crippen LogP contribution in [0.2, 0.25) is 0 Å². The van der Waals surface area contributed by atoms with Gasteiger partial charge in [-0.25, -0.2) is 4.39 Å². The Labute approximate surface area is 142 Å². The Morgan fingerprint density at radius 3 is 2.60 bits per heavy atom. The molecule has 3 N–H and O–H groups in total. The van der Waals surface area contributed by atoms with Crippen molar-refractivity contribution in [3.8, 4) is 12.3 Å². The average molecular weight is 352 g/mol. The third-order valence-electron chi connectivity index (χ3n) is 3.00. The van der Waals surface area contributed by atoms with Crippen LogP contribution in [0.15, 0.2) is 48.6 Å². The lowest BCUT2D eigenvalue weighted by Gasteiger charge is -2.08. The van der Waals surface area contributed by atoms with Gasteiger partial charge in [0, 0.05) is 12.6 Å². The van der Waals surface area contributed by atoms with Gasteiger partial charge in [-0.2, -0.15) is 13.2 Å². The Morgan fingerprint density at radius 1 is 1.36 bits per heavy atom. The number of benzene rings is 1. The molecule has 1 aromatic rings. The summed E-state index contributed by atoms with van der Waals surface area (Å²) in [6, 6.07) is 2.56. The summed E-state index contributed by atoms with van der Waals surface area (Å²) < 4.78 is 50.8. The molecule has 0 radical (unpaired) electrons. The average Bonchev–Trinajstić information content (AvgIpc) is 2.52. The lowest BCUT2D eigenvalue weighted by Crippen LogP contribution is -2.20. The van der Waals surface area contributed by atoms with Gasteiger partial charge in [0.1, 0.15) is 5.82 Å². The number of rotatable bonds is 6. The van der Waals surface area contributed by atoms with E-state index >= 15 is 0 Å². The number of terminal acetylenes is 1. The van der Waals surface area contributed by atoms with Crippen LogP contribution in [-0.2, 0) is 11.3 Å². The van der Waals surface area contributed by atoms with Crippen LogP contribution < -0.4 is 11.1 Å². The van der Waals surface area contributed by atoms with E-state index in [4.69, 9.17) is 12.2 Å². The van der Waals surface area contributed by atoms with E-state index in [2.05, 4.69) is 17.8 Å². The quantitative estimate of drug-likeness (QED) is 0.270. The maximum absolute atomic E-state index is 13.6. The number of halogens is 4. The molecule has 0 atom stereocenters. The fraction of sp³-hybridized carbons (Fsp3) is 0.167. The number of hydrogen-bond acceptors (Lipinski definition) is 2. The highest BCUT2D eigenvalue weighted by Gasteiger charge is 2.27. The molecule has 25 heavy (non-hydrogen) atoms. The van der Waals surface area contributed by atoms with Crippen molar-refractivity contribution in [2.75, 3.05) is 5.73 Å². The van der Waals surface area contributed by atoms with Gasteiger partial charge in [-0.1, -0.05) is 30.7 Å². The molecule has 0 aromatic heterocycles. The number of anilines is 1. The molecule has 1 aromatic carbocycles. The Hall–Kier alpha value is -3.01. The number of amides is 1. The van der Waals surface area contributed by atoms with Crippen molar-refractivity contribution in [2.45, 2.75) is 19.1 Å². The summed E-state index contributed by atoms with van der Waals surface area (Å²) in [6.45, 7) is 3.26. The maximum atomic E-state index is 13.6. The van der Waals surface area contributed by atoms with E-state index < -0.39 is 24.3 Å². The molecule has 0 saturated carbocycles. The van der Waals surface area contributed by atoms with E-state index in [1.165, 1.54) is 12.1 Å². The first-order valence-electron chi connectivity index (χ1n) is 7.05. The number of nitrogens with two attached hydrogens (primary N) is 1.